The molecule has 0 bridgehead atoms. The highest BCUT2D eigenvalue weighted by Crippen LogP contribution is 2.30. The third-order valence-electron chi connectivity index (χ3n) is 6.11. The molecule has 2 atom stereocenters. The summed E-state index contributed by atoms with van der Waals surface area (Å²) in [6, 6.07) is 13.5. The second kappa shape index (κ2) is 7.82. The molecule has 1 N–H and O–H groups in total. The minimum absolute atomic E-state index is 0.139. The Morgan fingerprint density at radius 2 is 1.80 bits per heavy atom. The van der Waals surface area contributed by atoms with Crippen molar-refractivity contribution in [1.82, 2.24) is 14.8 Å². The van der Waals surface area contributed by atoms with Gasteiger partial charge in [0.1, 0.15) is 5.15 Å². The van der Waals surface area contributed by atoms with Gasteiger partial charge in [0.2, 0.25) is 0 Å². The van der Waals surface area contributed by atoms with Crippen LogP contribution in [-0.4, -0.2) is 26.0 Å². The van der Waals surface area contributed by atoms with Crippen LogP contribution in [0, 0.1) is 0 Å². The summed E-state index contributed by atoms with van der Waals surface area (Å²) in [6.45, 7) is 0. The molecule has 0 spiro atoms. The minimum atomic E-state index is -0.526. The fourth-order valence-electron chi connectivity index (χ4n) is 4.58. The normalized spacial score (nSPS) is 19.4. The van der Waals surface area contributed by atoms with Crippen molar-refractivity contribution in [2.24, 2.45) is 0 Å². The van der Waals surface area contributed by atoms with E-state index in [4.69, 9.17) is 11.6 Å². The molecule has 30 heavy (non-hydrogen) atoms. The lowest BCUT2D eigenvalue weighted by molar-refractivity contribution is 0.0672. The van der Waals surface area contributed by atoms with Crippen LogP contribution in [0.25, 0.3) is 21.5 Å². The maximum absolute atomic E-state index is 13.4. The van der Waals surface area contributed by atoms with Crippen LogP contribution >= 0.6 is 11.6 Å². The number of rotatable bonds is 3. The molecule has 0 radical (unpaired) electrons. The highest BCUT2D eigenvalue weighted by molar-refractivity contribution is 6.29. The van der Waals surface area contributed by atoms with Gasteiger partial charge in [0.15, 0.2) is 0 Å². The molecule has 1 fully saturated rings. The standard InChI is InChI=1S/C24H22ClN3O2/c25-23-10-9-15(13-26-23)11-16-12-19-20(18-6-2-1-5-17(16)18)14-27-28(24(19)30)21-7-3-4-8-22(21)29/h1-2,5-6,9-10,12-14,21-22,29H,3-4,7-8,11H2. The Balaban J connectivity index is 1.70. The first-order chi connectivity index (χ1) is 14.6. The van der Waals surface area contributed by atoms with Crippen LogP contribution in [0.1, 0.15) is 42.9 Å². The number of benzene rings is 2. The van der Waals surface area contributed by atoms with E-state index in [1.165, 1.54) is 4.68 Å². The Morgan fingerprint density at radius 3 is 2.57 bits per heavy atom. The Labute approximate surface area is 178 Å². The van der Waals surface area contributed by atoms with Crippen LogP contribution in [0.15, 0.2) is 59.7 Å². The first kappa shape index (κ1) is 19.2. The van der Waals surface area contributed by atoms with Gasteiger partial charge in [-0.1, -0.05) is 54.8 Å². The molecule has 0 amide bonds. The number of fused-ring (bicyclic) bond motifs is 3. The van der Waals surface area contributed by atoms with Gasteiger partial charge in [0, 0.05) is 11.6 Å². The van der Waals surface area contributed by atoms with Gasteiger partial charge in [-0.15, -0.1) is 0 Å². The van der Waals surface area contributed by atoms with Gasteiger partial charge in [-0.25, -0.2) is 9.67 Å². The fourth-order valence-corrected chi connectivity index (χ4v) is 4.69. The Kier molecular flexibility index (Phi) is 5.01. The molecule has 2 heterocycles. The van der Waals surface area contributed by atoms with Crippen molar-refractivity contribution in [3.05, 3.63) is 81.5 Å². The van der Waals surface area contributed by atoms with Crippen LogP contribution in [0.5, 0.6) is 0 Å². The van der Waals surface area contributed by atoms with E-state index in [-0.39, 0.29) is 11.6 Å². The van der Waals surface area contributed by atoms with Crippen molar-refractivity contribution in [2.75, 3.05) is 0 Å². The summed E-state index contributed by atoms with van der Waals surface area (Å²) in [5, 5.41) is 19.0. The summed E-state index contributed by atoms with van der Waals surface area (Å²) in [6.07, 6.45) is 7.14. The third-order valence-corrected chi connectivity index (χ3v) is 6.34. The van der Waals surface area contributed by atoms with Crippen LogP contribution < -0.4 is 5.56 Å². The summed E-state index contributed by atoms with van der Waals surface area (Å²) in [5.41, 5.74) is 1.95. The molecule has 2 aromatic heterocycles. The number of halogens is 1. The average molecular weight is 420 g/mol. The largest absolute Gasteiger partial charge is 0.391 e. The number of hydrogen-bond donors (Lipinski definition) is 1. The van der Waals surface area contributed by atoms with Crippen molar-refractivity contribution in [3.63, 3.8) is 0 Å². The Hall–Kier alpha value is -2.76. The van der Waals surface area contributed by atoms with Gasteiger partial charge in [-0.05, 0) is 53.3 Å². The summed E-state index contributed by atoms with van der Waals surface area (Å²) in [4.78, 5) is 17.6. The molecule has 1 aliphatic rings. The first-order valence-corrected chi connectivity index (χ1v) is 10.7. The molecule has 4 aromatic rings. The molecule has 2 unspecified atom stereocenters. The minimum Gasteiger partial charge on any atom is -0.391 e. The second-order valence-corrected chi connectivity index (χ2v) is 8.41. The lowest BCUT2D eigenvalue weighted by atomic mass is 9.92. The van der Waals surface area contributed by atoms with E-state index in [0.29, 0.717) is 23.4 Å². The highest BCUT2D eigenvalue weighted by Gasteiger charge is 2.27. The Morgan fingerprint density at radius 1 is 1.00 bits per heavy atom. The number of aliphatic hydroxyl groups excluding tert-OH is 1. The second-order valence-electron chi connectivity index (χ2n) is 8.02. The average Bonchev–Trinajstić information content (AvgIpc) is 2.77. The molecule has 2 aromatic carbocycles. The van der Waals surface area contributed by atoms with E-state index in [0.717, 1.165) is 46.5 Å². The number of aromatic nitrogens is 3. The molecule has 1 saturated carbocycles. The fraction of sp³-hybridized carbons (Fsp3) is 0.292. The number of hydrogen-bond acceptors (Lipinski definition) is 4. The SMILES string of the molecule is O=c1c2cc(Cc3ccc(Cl)nc3)c3ccccc3c2cnn1C1CCCCC1O. The van der Waals surface area contributed by atoms with Crippen molar-refractivity contribution in [1.29, 1.82) is 0 Å². The maximum Gasteiger partial charge on any atom is 0.275 e. The van der Waals surface area contributed by atoms with Crippen LogP contribution in [-0.2, 0) is 6.42 Å². The zero-order chi connectivity index (χ0) is 20.7. The van der Waals surface area contributed by atoms with Gasteiger partial charge in [-0.3, -0.25) is 4.79 Å². The summed E-state index contributed by atoms with van der Waals surface area (Å²) < 4.78 is 1.49. The lowest BCUT2D eigenvalue weighted by Gasteiger charge is -2.28. The molecule has 5 rings (SSSR count). The zero-order valence-electron chi connectivity index (χ0n) is 16.5. The first-order valence-electron chi connectivity index (χ1n) is 10.3. The van der Waals surface area contributed by atoms with Crippen molar-refractivity contribution in [3.8, 4) is 0 Å². The van der Waals surface area contributed by atoms with Crippen molar-refractivity contribution >= 4 is 33.1 Å². The maximum atomic E-state index is 13.4. The number of pyridine rings is 1. The van der Waals surface area contributed by atoms with Crippen molar-refractivity contribution < 1.29 is 5.11 Å². The molecular formula is C24H22ClN3O2. The van der Waals surface area contributed by atoms with E-state index < -0.39 is 6.10 Å². The van der Waals surface area contributed by atoms with Gasteiger partial charge >= 0.3 is 0 Å². The zero-order valence-corrected chi connectivity index (χ0v) is 17.2. The predicted molar refractivity (Wildman–Crippen MR) is 119 cm³/mol. The van der Waals surface area contributed by atoms with E-state index in [2.05, 4.69) is 16.1 Å². The van der Waals surface area contributed by atoms with Crippen molar-refractivity contribution in [2.45, 2.75) is 44.2 Å². The molecule has 1 aliphatic carbocycles. The van der Waals surface area contributed by atoms with E-state index in [1.807, 2.05) is 30.3 Å². The van der Waals surface area contributed by atoms with Gasteiger partial charge in [-0.2, -0.15) is 5.10 Å². The third kappa shape index (κ3) is 3.38. The molecular weight excluding hydrogens is 398 g/mol. The quantitative estimate of drug-likeness (QED) is 0.387. The molecule has 152 valence electrons. The van der Waals surface area contributed by atoms with Crippen LogP contribution in [0.4, 0.5) is 0 Å². The Bertz CT molecular complexity index is 1280. The predicted octanol–water partition coefficient (Wildman–Crippen LogP) is 4.66. The highest BCUT2D eigenvalue weighted by atomic mass is 35.5. The van der Waals surface area contributed by atoms with Crippen LogP contribution in [0.3, 0.4) is 0 Å². The molecule has 0 aliphatic heterocycles. The number of nitrogens with zero attached hydrogens (tertiary/aromatic N) is 3. The summed E-state index contributed by atoms with van der Waals surface area (Å²) in [5.74, 6) is 0. The summed E-state index contributed by atoms with van der Waals surface area (Å²) in [7, 11) is 0. The van der Waals surface area contributed by atoms with Crippen LogP contribution in [0.2, 0.25) is 5.15 Å². The monoisotopic (exact) mass is 419 g/mol. The topological polar surface area (TPSA) is 68.0 Å². The lowest BCUT2D eigenvalue weighted by Crippen LogP contribution is -2.36. The molecule has 5 nitrogen and oxygen atoms in total. The van der Waals surface area contributed by atoms with Gasteiger partial charge in [0.05, 0.1) is 23.7 Å². The van der Waals surface area contributed by atoms with E-state index in [1.54, 1.807) is 18.5 Å². The van der Waals surface area contributed by atoms with E-state index in [9.17, 15) is 9.90 Å². The molecule has 6 heteroatoms. The summed E-state index contributed by atoms with van der Waals surface area (Å²) >= 11 is 5.93. The van der Waals surface area contributed by atoms with E-state index >= 15 is 0 Å². The smallest absolute Gasteiger partial charge is 0.275 e. The van der Waals surface area contributed by atoms with Gasteiger partial charge < -0.3 is 5.11 Å². The number of aliphatic hydroxyl groups is 1. The van der Waals surface area contributed by atoms with Gasteiger partial charge in [0.25, 0.3) is 5.56 Å². The molecule has 0 saturated heterocycles.